The number of fused-ring (bicyclic) bond motifs is 1. The molecule has 3 amide bonds. The number of benzene rings is 1. The summed E-state index contributed by atoms with van der Waals surface area (Å²) in [6.45, 7) is 1.11. The summed E-state index contributed by atoms with van der Waals surface area (Å²) < 4.78 is 0. The van der Waals surface area contributed by atoms with Gasteiger partial charge in [0.15, 0.2) is 0 Å². The average molecular weight is 467 g/mol. The van der Waals surface area contributed by atoms with Crippen LogP contribution in [0.4, 0.5) is 5.69 Å². The number of amides is 3. The number of rotatable bonds is 4. The number of nitrogens with zero attached hydrogens (tertiary/aromatic N) is 2. The van der Waals surface area contributed by atoms with Gasteiger partial charge in [0.2, 0.25) is 5.91 Å². The maximum atomic E-state index is 12.8. The standard InChI is InChI=1S/C25H27ClN4O3/c26-21-7-3-6-20(28-21)25(33)30-12-10-15(11-13-30)22-18-14-16(8-9-19(18)29-24(22)32)23(31)27-17-4-1-2-5-17/h3,6-9,14-15,17,22H,1-2,4-5,10-13H2,(H,27,31)(H,29,32). The first-order valence-electron chi connectivity index (χ1n) is 11.7. The van der Waals surface area contributed by atoms with Gasteiger partial charge in [-0.1, -0.05) is 30.5 Å². The highest BCUT2D eigenvalue weighted by molar-refractivity contribution is 6.29. The van der Waals surface area contributed by atoms with Gasteiger partial charge in [0.1, 0.15) is 10.8 Å². The molecule has 3 aliphatic rings. The Labute approximate surface area is 197 Å². The zero-order chi connectivity index (χ0) is 22.9. The van der Waals surface area contributed by atoms with Crippen LogP contribution in [0.25, 0.3) is 0 Å². The number of nitrogens with one attached hydrogen (secondary N) is 2. The zero-order valence-electron chi connectivity index (χ0n) is 18.4. The quantitative estimate of drug-likeness (QED) is 0.666. The Balaban J connectivity index is 1.27. The number of hydrogen-bond acceptors (Lipinski definition) is 4. The van der Waals surface area contributed by atoms with Crippen molar-refractivity contribution in [3.8, 4) is 0 Å². The molecule has 1 saturated heterocycles. The summed E-state index contributed by atoms with van der Waals surface area (Å²) in [6.07, 6.45) is 5.79. The van der Waals surface area contributed by atoms with E-state index in [2.05, 4.69) is 15.6 Å². The largest absolute Gasteiger partial charge is 0.349 e. The normalized spacial score (nSPS) is 21.1. The van der Waals surface area contributed by atoms with Crippen molar-refractivity contribution in [3.05, 3.63) is 58.4 Å². The summed E-state index contributed by atoms with van der Waals surface area (Å²) in [6, 6.07) is 10.8. The number of hydrogen-bond donors (Lipinski definition) is 2. The second-order valence-corrected chi connectivity index (χ2v) is 9.59. The molecule has 1 unspecified atom stereocenters. The van der Waals surface area contributed by atoms with Gasteiger partial charge in [-0.3, -0.25) is 14.4 Å². The van der Waals surface area contributed by atoms with E-state index in [1.807, 2.05) is 12.1 Å². The molecule has 2 N–H and O–H groups in total. The first-order valence-corrected chi connectivity index (χ1v) is 12.0. The summed E-state index contributed by atoms with van der Waals surface area (Å²) in [5.41, 5.74) is 2.61. The number of carbonyl (C=O) groups is 3. The van der Waals surface area contributed by atoms with Crippen LogP contribution in [0, 0.1) is 5.92 Å². The second kappa shape index (κ2) is 9.14. The number of likely N-dealkylation sites (tertiary alicyclic amines) is 1. The molecular weight excluding hydrogens is 440 g/mol. The fraction of sp³-hybridized carbons (Fsp3) is 0.440. The molecule has 0 spiro atoms. The van der Waals surface area contributed by atoms with Crippen LogP contribution in [-0.2, 0) is 4.79 Å². The lowest BCUT2D eigenvalue weighted by molar-refractivity contribution is -0.118. The van der Waals surface area contributed by atoms with Gasteiger partial charge < -0.3 is 15.5 Å². The second-order valence-electron chi connectivity index (χ2n) is 9.20. The molecular formula is C25H27ClN4O3. The number of pyridine rings is 1. The van der Waals surface area contributed by atoms with Crippen LogP contribution < -0.4 is 10.6 Å². The number of halogens is 1. The Hall–Kier alpha value is -2.93. The predicted molar refractivity (Wildman–Crippen MR) is 125 cm³/mol. The minimum absolute atomic E-state index is 0.0281. The first kappa shape index (κ1) is 21.9. The van der Waals surface area contributed by atoms with Crippen LogP contribution in [0.3, 0.4) is 0 Å². The fourth-order valence-electron chi connectivity index (χ4n) is 5.36. The van der Waals surface area contributed by atoms with Gasteiger partial charge in [-0.2, -0.15) is 0 Å². The van der Waals surface area contributed by atoms with Crippen molar-refractivity contribution in [2.75, 3.05) is 18.4 Å². The maximum Gasteiger partial charge on any atom is 0.272 e. The lowest BCUT2D eigenvalue weighted by atomic mass is 9.80. The van der Waals surface area contributed by atoms with Crippen molar-refractivity contribution in [2.24, 2.45) is 5.92 Å². The van der Waals surface area contributed by atoms with E-state index in [1.54, 1.807) is 29.2 Å². The van der Waals surface area contributed by atoms with E-state index in [0.29, 0.717) is 42.3 Å². The molecule has 7 nitrogen and oxygen atoms in total. The summed E-state index contributed by atoms with van der Waals surface area (Å²) in [4.78, 5) is 44.3. The third-order valence-corrected chi connectivity index (χ3v) is 7.32. The highest BCUT2D eigenvalue weighted by Crippen LogP contribution is 2.42. The van der Waals surface area contributed by atoms with Gasteiger partial charge in [0.25, 0.3) is 11.8 Å². The van der Waals surface area contributed by atoms with E-state index >= 15 is 0 Å². The lowest BCUT2D eigenvalue weighted by Gasteiger charge is -2.34. The Morgan fingerprint density at radius 1 is 1.06 bits per heavy atom. The Morgan fingerprint density at radius 3 is 2.55 bits per heavy atom. The molecule has 1 aliphatic carbocycles. The van der Waals surface area contributed by atoms with Gasteiger partial charge in [-0.05, 0) is 67.5 Å². The third-order valence-electron chi connectivity index (χ3n) is 7.11. The number of carbonyl (C=O) groups excluding carboxylic acids is 3. The van der Waals surface area contributed by atoms with Gasteiger partial charge >= 0.3 is 0 Å². The fourth-order valence-corrected chi connectivity index (χ4v) is 5.52. The highest BCUT2D eigenvalue weighted by Gasteiger charge is 2.39. The predicted octanol–water partition coefficient (Wildman–Crippen LogP) is 4.00. The molecule has 0 bridgehead atoms. The molecule has 1 atom stereocenters. The van der Waals surface area contributed by atoms with Crippen molar-refractivity contribution in [2.45, 2.75) is 50.5 Å². The highest BCUT2D eigenvalue weighted by atomic mass is 35.5. The summed E-state index contributed by atoms with van der Waals surface area (Å²) in [7, 11) is 0. The smallest absolute Gasteiger partial charge is 0.272 e. The van der Waals surface area contributed by atoms with Gasteiger partial charge in [-0.25, -0.2) is 4.98 Å². The van der Waals surface area contributed by atoms with Gasteiger partial charge in [0, 0.05) is 30.4 Å². The van der Waals surface area contributed by atoms with Crippen LogP contribution in [0.1, 0.15) is 70.9 Å². The molecule has 1 saturated carbocycles. The van der Waals surface area contributed by atoms with E-state index in [4.69, 9.17) is 11.6 Å². The van der Waals surface area contributed by atoms with Crippen LogP contribution in [0.5, 0.6) is 0 Å². The molecule has 2 aliphatic heterocycles. The van der Waals surface area contributed by atoms with Crippen LogP contribution in [0.2, 0.25) is 5.15 Å². The van der Waals surface area contributed by atoms with E-state index in [1.165, 1.54) is 0 Å². The van der Waals surface area contributed by atoms with E-state index in [9.17, 15) is 14.4 Å². The maximum absolute atomic E-state index is 12.8. The molecule has 8 heteroatoms. The summed E-state index contributed by atoms with van der Waals surface area (Å²) in [5.74, 6) is -0.438. The Bertz CT molecular complexity index is 1090. The topological polar surface area (TPSA) is 91.4 Å². The number of anilines is 1. The van der Waals surface area contributed by atoms with E-state index in [0.717, 1.165) is 36.9 Å². The van der Waals surface area contributed by atoms with E-state index in [-0.39, 0.29) is 35.6 Å². The Kier molecular flexibility index (Phi) is 6.06. The van der Waals surface area contributed by atoms with Gasteiger partial charge in [0.05, 0.1) is 5.92 Å². The monoisotopic (exact) mass is 466 g/mol. The molecule has 33 heavy (non-hydrogen) atoms. The minimum Gasteiger partial charge on any atom is -0.349 e. The van der Waals surface area contributed by atoms with Gasteiger partial charge in [-0.15, -0.1) is 0 Å². The van der Waals surface area contributed by atoms with Crippen LogP contribution >= 0.6 is 11.6 Å². The summed E-state index contributed by atoms with van der Waals surface area (Å²) in [5, 5.41) is 6.39. The van der Waals surface area contributed by atoms with Crippen LogP contribution in [0.15, 0.2) is 36.4 Å². The van der Waals surface area contributed by atoms with Crippen molar-refractivity contribution >= 4 is 35.0 Å². The lowest BCUT2D eigenvalue weighted by Crippen LogP contribution is -2.41. The zero-order valence-corrected chi connectivity index (χ0v) is 19.1. The van der Waals surface area contributed by atoms with E-state index < -0.39 is 0 Å². The molecule has 0 radical (unpaired) electrons. The van der Waals surface area contributed by atoms with Crippen molar-refractivity contribution < 1.29 is 14.4 Å². The minimum atomic E-state index is -0.305. The SMILES string of the molecule is O=C(NC1CCCC1)c1ccc2c(c1)C(C1CCN(C(=O)c3cccc(Cl)n3)CC1)C(=O)N2. The number of aromatic nitrogens is 1. The number of piperidine rings is 1. The Morgan fingerprint density at radius 2 is 1.82 bits per heavy atom. The molecule has 1 aromatic carbocycles. The first-order chi connectivity index (χ1) is 16.0. The molecule has 172 valence electrons. The summed E-state index contributed by atoms with van der Waals surface area (Å²) >= 11 is 5.93. The molecule has 3 heterocycles. The third kappa shape index (κ3) is 4.47. The molecule has 2 aromatic rings. The molecule has 2 fully saturated rings. The van der Waals surface area contributed by atoms with Crippen molar-refractivity contribution in [1.29, 1.82) is 0 Å². The van der Waals surface area contributed by atoms with Crippen molar-refractivity contribution in [1.82, 2.24) is 15.2 Å². The van der Waals surface area contributed by atoms with Crippen LogP contribution in [-0.4, -0.2) is 46.7 Å². The average Bonchev–Trinajstić information content (AvgIpc) is 3.45. The van der Waals surface area contributed by atoms with Crippen molar-refractivity contribution in [3.63, 3.8) is 0 Å². The molecule has 5 rings (SSSR count). The molecule has 1 aromatic heterocycles.